The van der Waals surface area contributed by atoms with Gasteiger partial charge >= 0.3 is 11.9 Å². The van der Waals surface area contributed by atoms with Gasteiger partial charge in [0.25, 0.3) is 0 Å². The zero-order valence-corrected chi connectivity index (χ0v) is 29.8. The number of esters is 2. The molecule has 256 valence electrons. The van der Waals surface area contributed by atoms with Crippen molar-refractivity contribution in [1.82, 2.24) is 0 Å². The smallest absolute Gasteiger partial charge is 0.305 e. The third-order valence-electron chi connectivity index (χ3n) is 8.72. The molecule has 0 saturated heterocycles. The van der Waals surface area contributed by atoms with Crippen LogP contribution in [-0.4, -0.2) is 25.2 Å². The van der Waals surface area contributed by atoms with Crippen molar-refractivity contribution in [2.24, 2.45) is 5.41 Å². The zero-order chi connectivity index (χ0) is 31.7. The summed E-state index contributed by atoms with van der Waals surface area (Å²) in [6.45, 7) is 9.14. The van der Waals surface area contributed by atoms with Gasteiger partial charge in [0.05, 0.1) is 13.2 Å². The van der Waals surface area contributed by atoms with Crippen molar-refractivity contribution in [3.05, 3.63) is 0 Å². The van der Waals surface area contributed by atoms with Crippen molar-refractivity contribution < 1.29 is 19.1 Å². The van der Waals surface area contributed by atoms with E-state index in [2.05, 4.69) is 13.8 Å². The highest BCUT2D eigenvalue weighted by molar-refractivity contribution is 5.69. The average Bonchev–Trinajstić information content (AvgIpc) is 2.99. The van der Waals surface area contributed by atoms with Crippen LogP contribution in [-0.2, 0) is 19.1 Å². The summed E-state index contributed by atoms with van der Waals surface area (Å²) in [5.41, 5.74) is -0.351. The summed E-state index contributed by atoms with van der Waals surface area (Å²) in [4.78, 5) is 24.3. The summed E-state index contributed by atoms with van der Waals surface area (Å²) >= 11 is 0. The Kier molecular flexibility index (Phi) is 31.5. The molecule has 43 heavy (non-hydrogen) atoms. The number of hydrogen-bond donors (Lipinski definition) is 0. The Bertz CT molecular complexity index is 600. The van der Waals surface area contributed by atoms with Crippen molar-refractivity contribution in [3.63, 3.8) is 0 Å². The molecule has 0 spiro atoms. The van der Waals surface area contributed by atoms with Crippen LogP contribution in [0.2, 0.25) is 0 Å². The van der Waals surface area contributed by atoms with Gasteiger partial charge in [0.15, 0.2) is 0 Å². The molecule has 0 aromatic heterocycles. The zero-order valence-electron chi connectivity index (χ0n) is 29.8. The van der Waals surface area contributed by atoms with E-state index in [9.17, 15) is 9.59 Å². The molecule has 4 heteroatoms. The molecule has 0 amide bonds. The Morgan fingerprint density at radius 1 is 0.372 bits per heavy atom. The number of carbonyl (C=O) groups excluding carboxylic acids is 2. The lowest BCUT2D eigenvalue weighted by atomic mass is 9.96. The molecular weight excluding hydrogens is 532 g/mol. The molecular formula is C39H76O4. The minimum atomic E-state index is -0.351. The van der Waals surface area contributed by atoms with Crippen LogP contribution in [0.4, 0.5) is 0 Å². The highest BCUT2D eigenvalue weighted by Gasteiger charge is 2.22. The first-order valence-electron chi connectivity index (χ1n) is 19.2. The van der Waals surface area contributed by atoms with Gasteiger partial charge in [-0.2, -0.15) is 0 Å². The van der Waals surface area contributed by atoms with Crippen molar-refractivity contribution in [1.29, 1.82) is 0 Å². The number of hydrogen-bond acceptors (Lipinski definition) is 4. The van der Waals surface area contributed by atoms with E-state index in [0.717, 1.165) is 25.7 Å². The van der Waals surface area contributed by atoms with Crippen LogP contribution in [0.15, 0.2) is 0 Å². The van der Waals surface area contributed by atoms with Crippen LogP contribution < -0.4 is 0 Å². The lowest BCUT2D eigenvalue weighted by molar-refractivity contribution is -0.152. The van der Waals surface area contributed by atoms with E-state index in [1.807, 2.05) is 13.8 Å². The molecule has 0 aromatic carbocycles. The lowest BCUT2D eigenvalue weighted by Gasteiger charge is -2.23. The predicted octanol–water partition coefficient (Wildman–Crippen LogP) is 12.8. The van der Waals surface area contributed by atoms with Gasteiger partial charge in [-0.05, 0) is 12.8 Å². The van der Waals surface area contributed by atoms with Crippen LogP contribution >= 0.6 is 0 Å². The van der Waals surface area contributed by atoms with Crippen molar-refractivity contribution >= 4 is 11.9 Å². The van der Waals surface area contributed by atoms with Crippen LogP contribution in [0, 0.1) is 5.41 Å². The topological polar surface area (TPSA) is 52.6 Å². The Balaban J connectivity index is 3.51. The molecule has 0 N–H and O–H groups in total. The number of unbranched alkanes of at least 4 members (excludes halogenated alkanes) is 26. The molecule has 0 radical (unpaired) electrons. The fraction of sp³-hybridized carbons (Fsp3) is 0.949. The quantitative estimate of drug-likeness (QED) is 0.0538. The predicted molar refractivity (Wildman–Crippen MR) is 186 cm³/mol. The van der Waals surface area contributed by atoms with Crippen molar-refractivity contribution in [2.75, 3.05) is 13.2 Å². The molecule has 0 saturated carbocycles. The Hall–Kier alpha value is -1.06. The minimum absolute atomic E-state index is 0.124. The number of rotatable bonds is 34. The molecule has 0 aliphatic rings. The van der Waals surface area contributed by atoms with Crippen molar-refractivity contribution in [2.45, 2.75) is 220 Å². The monoisotopic (exact) mass is 609 g/mol. The van der Waals surface area contributed by atoms with E-state index in [-0.39, 0.29) is 17.4 Å². The fourth-order valence-electron chi connectivity index (χ4n) is 5.67. The summed E-state index contributed by atoms with van der Waals surface area (Å²) in [5.74, 6) is -0.249. The first-order valence-corrected chi connectivity index (χ1v) is 19.2. The molecule has 4 nitrogen and oxygen atoms in total. The second-order valence-electron chi connectivity index (χ2n) is 14.2. The first kappa shape index (κ1) is 41.9. The summed E-state index contributed by atoms with van der Waals surface area (Å²) in [6, 6.07) is 0. The summed E-state index contributed by atoms with van der Waals surface area (Å²) in [5, 5.41) is 0. The van der Waals surface area contributed by atoms with Gasteiger partial charge < -0.3 is 9.47 Å². The van der Waals surface area contributed by atoms with Gasteiger partial charge in [-0.15, -0.1) is 0 Å². The molecule has 0 atom stereocenters. The van der Waals surface area contributed by atoms with Crippen LogP contribution in [0.3, 0.4) is 0 Å². The van der Waals surface area contributed by atoms with E-state index >= 15 is 0 Å². The Morgan fingerprint density at radius 2 is 0.581 bits per heavy atom. The van der Waals surface area contributed by atoms with Crippen LogP contribution in [0.25, 0.3) is 0 Å². The Labute approximate surface area is 269 Å². The maximum absolute atomic E-state index is 12.2. The Morgan fingerprint density at radius 3 is 0.814 bits per heavy atom. The van der Waals surface area contributed by atoms with Gasteiger partial charge in [-0.1, -0.05) is 195 Å². The van der Waals surface area contributed by atoms with Gasteiger partial charge in [0, 0.05) is 18.3 Å². The van der Waals surface area contributed by atoms with Gasteiger partial charge in [-0.3, -0.25) is 9.59 Å². The molecule has 0 bridgehead atoms. The standard InChI is InChI=1S/C39H76O4/c1-5-7-9-11-13-15-17-19-20-22-24-26-28-30-32-34-38(41)43-36-39(3,4)35-42-37(40)33-31-29-27-25-23-21-18-16-14-12-10-8-6-2/h5-36H2,1-4H3. The lowest BCUT2D eigenvalue weighted by Crippen LogP contribution is -2.28. The SMILES string of the molecule is CCCCCCCCCCCCCCCCCC(=O)OCC(C)(C)COC(=O)CCCCCCCCCCCCCCC. The highest BCUT2D eigenvalue weighted by Crippen LogP contribution is 2.19. The van der Waals surface area contributed by atoms with E-state index in [1.54, 1.807) is 0 Å². The molecule has 0 aliphatic carbocycles. The molecule has 0 fully saturated rings. The highest BCUT2D eigenvalue weighted by atomic mass is 16.5. The molecule has 0 aliphatic heterocycles. The molecule has 0 heterocycles. The maximum Gasteiger partial charge on any atom is 0.305 e. The summed E-state index contributed by atoms with van der Waals surface area (Å²) in [7, 11) is 0. The first-order chi connectivity index (χ1) is 20.9. The van der Waals surface area contributed by atoms with Crippen LogP contribution in [0.5, 0.6) is 0 Å². The van der Waals surface area contributed by atoms with E-state index in [0.29, 0.717) is 26.1 Å². The normalized spacial score (nSPS) is 11.6. The third kappa shape index (κ3) is 33.7. The van der Waals surface area contributed by atoms with Crippen LogP contribution in [0.1, 0.15) is 220 Å². The van der Waals surface area contributed by atoms with E-state index in [4.69, 9.17) is 9.47 Å². The molecule has 0 unspecified atom stereocenters. The fourth-order valence-corrected chi connectivity index (χ4v) is 5.67. The van der Waals surface area contributed by atoms with E-state index in [1.165, 1.54) is 154 Å². The van der Waals surface area contributed by atoms with E-state index < -0.39 is 0 Å². The minimum Gasteiger partial charge on any atom is -0.465 e. The second-order valence-corrected chi connectivity index (χ2v) is 14.2. The average molecular weight is 609 g/mol. The largest absolute Gasteiger partial charge is 0.465 e. The number of ether oxygens (including phenoxy) is 2. The molecule has 0 rings (SSSR count). The van der Waals surface area contributed by atoms with Gasteiger partial charge in [-0.25, -0.2) is 0 Å². The second kappa shape index (κ2) is 32.3. The summed E-state index contributed by atoms with van der Waals surface area (Å²) < 4.78 is 11.0. The molecule has 0 aromatic rings. The van der Waals surface area contributed by atoms with Crippen molar-refractivity contribution in [3.8, 4) is 0 Å². The van der Waals surface area contributed by atoms with Gasteiger partial charge in [0.2, 0.25) is 0 Å². The maximum atomic E-state index is 12.2. The van der Waals surface area contributed by atoms with Gasteiger partial charge in [0.1, 0.15) is 0 Å². The summed E-state index contributed by atoms with van der Waals surface area (Å²) in [6.07, 6.45) is 37.7. The number of carbonyl (C=O) groups is 2. The third-order valence-corrected chi connectivity index (χ3v) is 8.72.